The Labute approximate surface area is 224 Å². The second-order valence-corrected chi connectivity index (χ2v) is 10.9. The van der Waals surface area contributed by atoms with E-state index >= 15 is 0 Å². The van der Waals surface area contributed by atoms with Crippen LogP contribution in [0, 0.1) is 6.92 Å². The zero-order chi connectivity index (χ0) is 27.0. The Bertz CT molecular complexity index is 1320. The number of hydrogen-bond donors (Lipinski definition) is 1. The van der Waals surface area contributed by atoms with Gasteiger partial charge in [-0.3, -0.25) is 13.9 Å². The molecule has 2 amide bonds. The molecule has 1 atom stereocenters. The van der Waals surface area contributed by atoms with Crippen LogP contribution >= 0.6 is 11.6 Å². The van der Waals surface area contributed by atoms with Crippen molar-refractivity contribution in [1.82, 2.24) is 10.2 Å². The molecule has 0 aliphatic rings. The number of nitrogens with one attached hydrogen (secondary N) is 1. The SMILES string of the molecule is CCNC(=O)[C@@H](C)N(CCc1ccccc1)C(=O)CN(c1ccc(C)c(Cl)c1)S(=O)(=O)c1ccccc1. The zero-order valence-corrected chi connectivity index (χ0v) is 22.8. The number of halogens is 1. The van der Waals surface area contributed by atoms with Gasteiger partial charge >= 0.3 is 0 Å². The van der Waals surface area contributed by atoms with Crippen molar-refractivity contribution in [3.05, 3.63) is 95.0 Å². The first-order valence-electron chi connectivity index (χ1n) is 12.1. The van der Waals surface area contributed by atoms with E-state index in [-0.39, 0.29) is 23.0 Å². The van der Waals surface area contributed by atoms with Gasteiger partial charge in [-0.2, -0.15) is 0 Å². The van der Waals surface area contributed by atoms with Crippen LogP contribution in [0.25, 0.3) is 0 Å². The van der Waals surface area contributed by atoms with Gasteiger partial charge in [-0.05, 0) is 62.6 Å². The summed E-state index contributed by atoms with van der Waals surface area (Å²) in [6.45, 7) is 5.43. The fourth-order valence-corrected chi connectivity index (χ4v) is 5.48. The second kappa shape index (κ2) is 12.7. The molecule has 0 unspecified atom stereocenters. The Kier molecular flexibility index (Phi) is 9.72. The molecule has 0 heterocycles. The number of likely N-dealkylation sites (N-methyl/N-ethyl adjacent to an activating group) is 1. The van der Waals surface area contributed by atoms with Crippen molar-refractivity contribution < 1.29 is 18.0 Å². The van der Waals surface area contributed by atoms with Crippen LogP contribution in [0.15, 0.2) is 83.8 Å². The van der Waals surface area contributed by atoms with Crippen molar-refractivity contribution in [2.45, 2.75) is 38.1 Å². The van der Waals surface area contributed by atoms with Gasteiger partial charge in [0.15, 0.2) is 0 Å². The maximum Gasteiger partial charge on any atom is 0.264 e. The molecule has 0 aliphatic heterocycles. The maximum absolute atomic E-state index is 13.7. The van der Waals surface area contributed by atoms with Crippen LogP contribution in [0.3, 0.4) is 0 Å². The molecule has 9 heteroatoms. The van der Waals surface area contributed by atoms with Crippen molar-refractivity contribution in [3.63, 3.8) is 0 Å². The summed E-state index contributed by atoms with van der Waals surface area (Å²) >= 11 is 6.33. The average Bonchev–Trinajstić information content (AvgIpc) is 2.90. The lowest BCUT2D eigenvalue weighted by atomic mass is 10.1. The third kappa shape index (κ3) is 7.11. The van der Waals surface area contributed by atoms with Crippen LogP contribution in [0.4, 0.5) is 5.69 Å². The van der Waals surface area contributed by atoms with Crippen molar-refractivity contribution in [3.8, 4) is 0 Å². The number of rotatable bonds is 11. The summed E-state index contributed by atoms with van der Waals surface area (Å²) in [4.78, 5) is 27.9. The quantitative estimate of drug-likeness (QED) is 0.389. The predicted molar refractivity (Wildman–Crippen MR) is 147 cm³/mol. The van der Waals surface area contributed by atoms with Crippen LogP contribution in [0.2, 0.25) is 5.02 Å². The first-order chi connectivity index (χ1) is 17.6. The van der Waals surface area contributed by atoms with Gasteiger partial charge in [-0.1, -0.05) is 66.2 Å². The zero-order valence-electron chi connectivity index (χ0n) is 21.2. The van der Waals surface area contributed by atoms with Gasteiger partial charge < -0.3 is 10.2 Å². The summed E-state index contributed by atoms with van der Waals surface area (Å²) in [6, 6.07) is 21.6. The first kappa shape index (κ1) is 28.2. The molecule has 3 aromatic rings. The third-order valence-electron chi connectivity index (χ3n) is 6.06. The molecule has 0 saturated heterocycles. The number of hydrogen-bond acceptors (Lipinski definition) is 4. The summed E-state index contributed by atoms with van der Waals surface area (Å²) in [5.41, 5.74) is 2.05. The Balaban J connectivity index is 1.98. The molecule has 196 valence electrons. The summed E-state index contributed by atoms with van der Waals surface area (Å²) in [6.07, 6.45) is 0.512. The summed E-state index contributed by atoms with van der Waals surface area (Å²) < 4.78 is 28.5. The highest BCUT2D eigenvalue weighted by Crippen LogP contribution is 2.28. The molecule has 37 heavy (non-hydrogen) atoms. The Hall–Kier alpha value is -3.36. The normalized spacial score (nSPS) is 12.0. The highest BCUT2D eigenvalue weighted by atomic mass is 35.5. The predicted octanol–water partition coefficient (Wildman–Crippen LogP) is 4.44. The summed E-state index contributed by atoms with van der Waals surface area (Å²) in [5, 5.41) is 3.14. The van der Waals surface area contributed by atoms with Gasteiger partial charge in [0.05, 0.1) is 10.6 Å². The number of carbonyl (C=O) groups is 2. The van der Waals surface area contributed by atoms with Crippen molar-refractivity contribution in [2.75, 3.05) is 23.9 Å². The van der Waals surface area contributed by atoms with Crippen molar-refractivity contribution in [1.29, 1.82) is 0 Å². The van der Waals surface area contributed by atoms with E-state index in [1.807, 2.05) is 37.3 Å². The molecule has 0 saturated carbocycles. The van der Waals surface area contributed by atoms with E-state index < -0.39 is 28.5 Å². The lowest BCUT2D eigenvalue weighted by molar-refractivity contribution is -0.138. The monoisotopic (exact) mass is 541 g/mol. The molecule has 7 nitrogen and oxygen atoms in total. The van der Waals surface area contributed by atoms with E-state index in [4.69, 9.17) is 11.6 Å². The van der Waals surface area contributed by atoms with Gasteiger partial charge in [0.1, 0.15) is 12.6 Å². The van der Waals surface area contributed by atoms with E-state index in [0.717, 1.165) is 15.4 Å². The molecule has 0 aromatic heterocycles. The summed E-state index contributed by atoms with van der Waals surface area (Å²) in [7, 11) is -4.11. The van der Waals surface area contributed by atoms with Crippen LogP contribution < -0.4 is 9.62 Å². The van der Waals surface area contributed by atoms with Crippen molar-refractivity contribution >= 4 is 39.1 Å². The maximum atomic E-state index is 13.7. The van der Waals surface area contributed by atoms with Crippen LogP contribution in [0.1, 0.15) is 25.0 Å². The van der Waals surface area contributed by atoms with E-state index in [9.17, 15) is 18.0 Å². The van der Waals surface area contributed by atoms with Gasteiger partial charge in [0.2, 0.25) is 11.8 Å². The Morgan fingerprint density at radius 2 is 1.59 bits per heavy atom. The van der Waals surface area contributed by atoms with E-state index in [2.05, 4.69) is 5.32 Å². The average molecular weight is 542 g/mol. The third-order valence-corrected chi connectivity index (χ3v) is 8.25. The number of nitrogens with zero attached hydrogens (tertiary/aromatic N) is 2. The smallest absolute Gasteiger partial charge is 0.264 e. The number of benzene rings is 3. The first-order valence-corrected chi connectivity index (χ1v) is 13.9. The standard InChI is InChI=1S/C28H32ClN3O4S/c1-4-30-28(34)22(3)31(18-17-23-11-7-5-8-12-23)27(33)20-32(24-16-15-21(2)26(29)19-24)37(35,36)25-13-9-6-10-14-25/h5-16,19,22H,4,17-18,20H2,1-3H3,(H,30,34)/t22-/m1/s1. The van der Waals surface area contributed by atoms with E-state index in [1.54, 1.807) is 44.2 Å². The fourth-order valence-electron chi connectivity index (χ4n) is 3.88. The number of sulfonamides is 1. The molecular weight excluding hydrogens is 510 g/mol. The van der Waals surface area contributed by atoms with Crippen LogP contribution in [-0.4, -0.2) is 50.8 Å². The van der Waals surface area contributed by atoms with Gasteiger partial charge in [0.25, 0.3) is 10.0 Å². The molecule has 0 fully saturated rings. The minimum absolute atomic E-state index is 0.0482. The highest BCUT2D eigenvalue weighted by Gasteiger charge is 2.32. The topological polar surface area (TPSA) is 86.8 Å². The largest absolute Gasteiger partial charge is 0.355 e. The molecule has 1 N–H and O–H groups in total. The molecule has 0 spiro atoms. The van der Waals surface area contributed by atoms with E-state index in [0.29, 0.717) is 18.0 Å². The minimum atomic E-state index is -4.11. The van der Waals surface area contributed by atoms with E-state index in [1.165, 1.54) is 23.1 Å². The van der Waals surface area contributed by atoms with Gasteiger partial charge in [-0.25, -0.2) is 8.42 Å². The number of aryl methyl sites for hydroxylation is 1. The minimum Gasteiger partial charge on any atom is -0.355 e. The van der Waals surface area contributed by atoms with Gasteiger partial charge in [0, 0.05) is 18.1 Å². The lowest BCUT2D eigenvalue weighted by Crippen LogP contribution is -2.52. The van der Waals surface area contributed by atoms with Crippen LogP contribution in [0.5, 0.6) is 0 Å². The Morgan fingerprint density at radius 3 is 2.19 bits per heavy atom. The molecule has 3 aromatic carbocycles. The number of amides is 2. The number of carbonyl (C=O) groups excluding carboxylic acids is 2. The molecule has 0 bridgehead atoms. The molecule has 0 radical (unpaired) electrons. The highest BCUT2D eigenvalue weighted by molar-refractivity contribution is 7.92. The second-order valence-electron chi connectivity index (χ2n) is 8.65. The Morgan fingerprint density at radius 1 is 0.973 bits per heavy atom. The number of anilines is 1. The fraction of sp³-hybridized carbons (Fsp3) is 0.286. The molecule has 0 aliphatic carbocycles. The lowest BCUT2D eigenvalue weighted by Gasteiger charge is -2.32. The molecular formula is C28H32ClN3O4S. The van der Waals surface area contributed by atoms with Gasteiger partial charge in [-0.15, -0.1) is 0 Å². The van der Waals surface area contributed by atoms with Crippen LogP contribution in [-0.2, 0) is 26.0 Å². The molecule has 3 rings (SSSR count). The van der Waals surface area contributed by atoms with Crippen molar-refractivity contribution in [2.24, 2.45) is 0 Å². The summed E-state index contributed by atoms with van der Waals surface area (Å²) in [5.74, 6) is -0.800.